The first kappa shape index (κ1) is 25.4. The number of halogens is 2. The number of nitrogens with one attached hydrogen (secondary N) is 1. The fraction of sp³-hybridized carbons (Fsp3) is 0.269. The van der Waals surface area contributed by atoms with Gasteiger partial charge in [-0.25, -0.2) is 0 Å². The molecule has 0 atom stereocenters. The summed E-state index contributed by atoms with van der Waals surface area (Å²) in [6, 6.07) is 18.3. The number of thiophene rings is 1. The molecule has 35 heavy (non-hydrogen) atoms. The summed E-state index contributed by atoms with van der Waals surface area (Å²) in [5.41, 5.74) is 1.75. The molecule has 4 rings (SSSR count). The van der Waals surface area contributed by atoms with Crippen molar-refractivity contribution in [3.63, 3.8) is 0 Å². The van der Waals surface area contributed by atoms with Gasteiger partial charge in [-0.2, -0.15) is 0 Å². The van der Waals surface area contributed by atoms with Crippen molar-refractivity contribution in [1.29, 1.82) is 0 Å². The van der Waals surface area contributed by atoms with E-state index in [2.05, 4.69) is 26.1 Å². The summed E-state index contributed by atoms with van der Waals surface area (Å²) in [6.45, 7) is 1.57. The quantitative estimate of drug-likeness (QED) is 0.205. The zero-order valence-corrected chi connectivity index (χ0v) is 22.0. The van der Waals surface area contributed by atoms with Crippen LogP contribution < -0.4 is 10.2 Å². The number of carbonyl (C=O) groups is 3. The van der Waals surface area contributed by atoms with Crippen LogP contribution in [0.1, 0.15) is 34.3 Å². The van der Waals surface area contributed by atoms with E-state index < -0.39 is 0 Å². The highest BCUT2D eigenvalue weighted by Gasteiger charge is 2.29. The van der Waals surface area contributed by atoms with Gasteiger partial charge in [-0.1, -0.05) is 81.3 Å². The molecule has 3 aromatic rings. The summed E-state index contributed by atoms with van der Waals surface area (Å²) in [5.74, 6) is -0.833. The van der Waals surface area contributed by atoms with Crippen LogP contribution in [0, 0.1) is 5.92 Å². The number of anilines is 2. The lowest BCUT2D eigenvalue weighted by Crippen LogP contribution is -2.36. The molecule has 1 N–H and O–H groups in total. The smallest absolute Gasteiger partial charge is 0.309 e. The summed E-state index contributed by atoms with van der Waals surface area (Å²) in [4.78, 5) is 40.0. The minimum atomic E-state index is -0.248. The molecule has 2 aromatic carbocycles. The summed E-state index contributed by atoms with van der Waals surface area (Å²) >= 11 is 10.8. The predicted octanol–water partition coefficient (Wildman–Crippen LogP) is 5.93. The fourth-order valence-corrected chi connectivity index (χ4v) is 5.41. The average Bonchev–Trinajstić information content (AvgIpc) is 3.31. The number of amides is 1. The molecule has 1 amide bonds. The highest BCUT2D eigenvalue weighted by molar-refractivity contribution is 9.09. The van der Waals surface area contributed by atoms with E-state index in [-0.39, 0.29) is 35.5 Å². The summed E-state index contributed by atoms with van der Waals surface area (Å²) in [7, 11) is 0. The molecular weight excluding hydrogens is 552 g/mol. The lowest BCUT2D eigenvalue weighted by atomic mass is 9.97. The minimum Gasteiger partial charge on any atom is -0.461 e. The number of hydrogen-bond acceptors (Lipinski definition) is 6. The number of nitrogens with zero attached hydrogens (tertiary/aromatic N) is 1. The molecule has 6 nitrogen and oxygen atoms in total. The van der Waals surface area contributed by atoms with Crippen molar-refractivity contribution >= 4 is 66.5 Å². The highest BCUT2D eigenvalue weighted by atomic mass is 79.9. The van der Waals surface area contributed by atoms with Gasteiger partial charge in [-0.15, -0.1) is 0 Å². The van der Waals surface area contributed by atoms with Gasteiger partial charge >= 0.3 is 5.97 Å². The van der Waals surface area contributed by atoms with Crippen molar-refractivity contribution in [3.05, 3.63) is 82.4 Å². The topological polar surface area (TPSA) is 75.7 Å². The van der Waals surface area contributed by atoms with E-state index >= 15 is 0 Å². The van der Waals surface area contributed by atoms with Gasteiger partial charge in [-0.3, -0.25) is 14.4 Å². The second kappa shape index (κ2) is 11.8. The molecule has 1 aromatic heterocycles. The molecule has 1 aliphatic heterocycles. The van der Waals surface area contributed by atoms with E-state index in [9.17, 15) is 14.4 Å². The van der Waals surface area contributed by atoms with Crippen molar-refractivity contribution in [2.24, 2.45) is 5.92 Å². The molecular formula is C26H24BrClN2O4S. The van der Waals surface area contributed by atoms with Crippen LogP contribution in [0.5, 0.6) is 0 Å². The van der Waals surface area contributed by atoms with Gasteiger partial charge in [0.25, 0.3) is 0 Å². The van der Waals surface area contributed by atoms with E-state index in [1.54, 1.807) is 30.3 Å². The Hall–Kier alpha value is -2.68. The predicted molar refractivity (Wildman–Crippen MR) is 143 cm³/mol. The van der Waals surface area contributed by atoms with Crippen LogP contribution in [0.15, 0.2) is 60.7 Å². The van der Waals surface area contributed by atoms with Crippen LogP contribution in [0.4, 0.5) is 10.0 Å². The van der Waals surface area contributed by atoms with Gasteiger partial charge in [0.1, 0.15) is 11.6 Å². The Balaban J connectivity index is 1.45. The van der Waals surface area contributed by atoms with Gasteiger partial charge in [0.2, 0.25) is 5.91 Å². The summed E-state index contributed by atoms with van der Waals surface area (Å²) < 4.78 is 5.52. The number of benzene rings is 2. The average molecular weight is 576 g/mol. The zero-order chi connectivity index (χ0) is 24.8. The number of alkyl halides is 1. The number of piperidine rings is 1. The molecule has 9 heteroatoms. The molecule has 0 saturated carbocycles. The Kier molecular flexibility index (Phi) is 8.59. The number of hydrogen-bond donors (Lipinski definition) is 1. The van der Waals surface area contributed by atoms with Crippen LogP contribution in [0.3, 0.4) is 0 Å². The minimum absolute atomic E-state index is 0.121. The monoisotopic (exact) mass is 574 g/mol. The van der Waals surface area contributed by atoms with E-state index in [4.69, 9.17) is 16.3 Å². The number of ketones is 1. The standard InChI is InChI=1S/C26H24BrClN2O4S/c27-15-22(31)29-25-20(24(32)19-8-4-5-9-21(19)28)14-23(35-25)30-12-10-18(11-13-30)26(33)34-16-17-6-2-1-3-7-17/h1-9,14,18H,10-13,15-16H2,(H,29,31). The Morgan fingerprint density at radius 3 is 2.40 bits per heavy atom. The second-order valence-electron chi connectivity index (χ2n) is 8.17. The SMILES string of the molecule is O=C(CBr)Nc1sc(N2CCC(C(=O)OCc3ccccc3)CC2)cc1C(=O)c1ccccc1Cl. The largest absolute Gasteiger partial charge is 0.461 e. The Morgan fingerprint density at radius 2 is 1.71 bits per heavy atom. The Morgan fingerprint density at radius 1 is 1.03 bits per heavy atom. The summed E-state index contributed by atoms with van der Waals surface area (Å²) in [6.07, 6.45) is 1.31. The molecule has 0 aliphatic carbocycles. The molecule has 0 spiro atoms. The van der Waals surface area contributed by atoms with Crippen LogP contribution in [-0.2, 0) is 20.9 Å². The number of ether oxygens (including phenoxy) is 1. The fourth-order valence-electron chi connectivity index (χ4n) is 3.93. The molecule has 0 unspecified atom stereocenters. The third kappa shape index (κ3) is 6.31. The number of carbonyl (C=O) groups excluding carboxylic acids is 3. The molecule has 0 radical (unpaired) electrons. The lowest BCUT2D eigenvalue weighted by molar-refractivity contribution is -0.150. The third-order valence-corrected chi connectivity index (χ3v) is 7.77. The molecule has 2 heterocycles. The van der Waals surface area contributed by atoms with Gasteiger partial charge in [0.05, 0.1) is 26.8 Å². The Labute approximate surface area is 221 Å². The molecule has 1 saturated heterocycles. The Bertz CT molecular complexity index is 1210. The van der Waals surface area contributed by atoms with Crippen molar-refractivity contribution in [1.82, 2.24) is 0 Å². The molecule has 0 bridgehead atoms. The van der Waals surface area contributed by atoms with Crippen molar-refractivity contribution in [3.8, 4) is 0 Å². The maximum atomic E-state index is 13.3. The first-order valence-electron chi connectivity index (χ1n) is 11.2. The van der Waals surface area contributed by atoms with Gasteiger partial charge in [0, 0.05) is 18.7 Å². The second-order valence-corrected chi connectivity index (χ2v) is 10.2. The highest BCUT2D eigenvalue weighted by Crippen LogP contribution is 2.38. The zero-order valence-electron chi connectivity index (χ0n) is 18.8. The van der Waals surface area contributed by atoms with E-state index in [0.29, 0.717) is 47.1 Å². The van der Waals surface area contributed by atoms with Crippen molar-refractivity contribution in [2.75, 3.05) is 28.6 Å². The van der Waals surface area contributed by atoms with Crippen molar-refractivity contribution < 1.29 is 19.1 Å². The molecule has 182 valence electrons. The van der Waals surface area contributed by atoms with Crippen LogP contribution in [0.2, 0.25) is 5.02 Å². The normalized spacial score (nSPS) is 13.9. The maximum Gasteiger partial charge on any atom is 0.309 e. The maximum absolute atomic E-state index is 13.3. The first-order valence-corrected chi connectivity index (χ1v) is 13.5. The van der Waals surface area contributed by atoms with Gasteiger partial charge in [-0.05, 0) is 36.6 Å². The molecule has 1 aliphatic rings. The van der Waals surface area contributed by atoms with Crippen LogP contribution >= 0.6 is 38.9 Å². The number of rotatable bonds is 8. The van der Waals surface area contributed by atoms with Crippen LogP contribution in [0.25, 0.3) is 0 Å². The number of esters is 1. The van der Waals surface area contributed by atoms with Gasteiger partial charge in [0.15, 0.2) is 5.78 Å². The van der Waals surface area contributed by atoms with E-state index in [1.165, 1.54) is 11.3 Å². The van der Waals surface area contributed by atoms with E-state index in [0.717, 1.165) is 10.6 Å². The van der Waals surface area contributed by atoms with E-state index in [1.807, 2.05) is 30.3 Å². The van der Waals surface area contributed by atoms with Crippen molar-refractivity contribution in [2.45, 2.75) is 19.4 Å². The third-order valence-electron chi connectivity index (χ3n) is 5.82. The molecule has 1 fully saturated rings. The van der Waals surface area contributed by atoms with Gasteiger partial charge < -0.3 is 15.0 Å². The lowest BCUT2D eigenvalue weighted by Gasteiger charge is -2.31. The summed E-state index contributed by atoms with van der Waals surface area (Å²) in [5, 5.41) is 4.65. The van der Waals surface area contributed by atoms with Crippen LogP contribution in [-0.4, -0.2) is 36.1 Å². The first-order chi connectivity index (χ1) is 17.0.